The van der Waals surface area contributed by atoms with Crippen LogP contribution in [0.4, 0.5) is 9.18 Å². The van der Waals surface area contributed by atoms with Gasteiger partial charge in [-0.15, -0.1) is 0 Å². The normalized spacial score (nSPS) is 18.1. The molecule has 1 atom stereocenters. The molecule has 0 aliphatic carbocycles. The predicted molar refractivity (Wildman–Crippen MR) is 59.5 cm³/mol. The SMILES string of the molecule is CC(c1cccc(F)c1)N1CCCNC1=O. The fourth-order valence-corrected chi connectivity index (χ4v) is 1.96. The van der Waals surface area contributed by atoms with Gasteiger partial charge in [0.2, 0.25) is 0 Å². The number of carbonyl (C=O) groups is 1. The van der Waals surface area contributed by atoms with Crippen molar-refractivity contribution in [3.63, 3.8) is 0 Å². The molecule has 3 nitrogen and oxygen atoms in total. The third-order valence-electron chi connectivity index (χ3n) is 2.91. The van der Waals surface area contributed by atoms with Crippen molar-refractivity contribution in [2.24, 2.45) is 0 Å². The summed E-state index contributed by atoms with van der Waals surface area (Å²) in [5.74, 6) is -0.262. The summed E-state index contributed by atoms with van der Waals surface area (Å²) in [6, 6.07) is 6.25. The van der Waals surface area contributed by atoms with Gasteiger partial charge in [-0.3, -0.25) is 0 Å². The molecule has 16 heavy (non-hydrogen) atoms. The fraction of sp³-hybridized carbons (Fsp3) is 0.417. The first-order valence-electron chi connectivity index (χ1n) is 5.48. The van der Waals surface area contributed by atoms with Gasteiger partial charge in [-0.05, 0) is 31.0 Å². The number of urea groups is 1. The maximum absolute atomic E-state index is 13.1. The molecule has 0 saturated carbocycles. The van der Waals surface area contributed by atoms with Crippen molar-refractivity contribution in [1.82, 2.24) is 10.2 Å². The number of hydrogen-bond donors (Lipinski definition) is 1. The molecule has 1 N–H and O–H groups in total. The maximum Gasteiger partial charge on any atom is 0.317 e. The summed E-state index contributed by atoms with van der Waals surface area (Å²) in [5, 5.41) is 2.79. The fourth-order valence-electron chi connectivity index (χ4n) is 1.96. The molecule has 1 unspecified atom stereocenters. The minimum atomic E-state index is -0.262. The van der Waals surface area contributed by atoms with Gasteiger partial charge in [0.1, 0.15) is 5.82 Å². The molecule has 0 aromatic heterocycles. The van der Waals surface area contributed by atoms with Crippen LogP contribution < -0.4 is 5.32 Å². The van der Waals surface area contributed by atoms with Crippen LogP contribution in [0.15, 0.2) is 24.3 Å². The lowest BCUT2D eigenvalue weighted by Crippen LogP contribution is -2.47. The molecule has 0 radical (unpaired) electrons. The third-order valence-corrected chi connectivity index (χ3v) is 2.91. The van der Waals surface area contributed by atoms with Gasteiger partial charge in [0.05, 0.1) is 6.04 Å². The van der Waals surface area contributed by atoms with E-state index in [4.69, 9.17) is 0 Å². The lowest BCUT2D eigenvalue weighted by Gasteiger charge is -2.33. The van der Waals surface area contributed by atoms with Crippen molar-refractivity contribution in [3.8, 4) is 0 Å². The van der Waals surface area contributed by atoms with Crippen molar-refractivity contribution < 1.29 is 9.18 Å². The van der Waals surface area contributed by atoms with E-state index in [-0.39, 0.29) is 17.9 Å². The van der Waals surface area contributed by atoms with E-state index in [1.54, 1.807) is 11.0 Å². The summed E-state index contributed by atoms with van der Waals surface area (Å²) in [7, 11) is 0. The monoisotopic (exact) mass is 222 g/mol. The van der Waals surface area contributed by atoms with Crippen LogP contribution in [-0.4, -0.2) is 24.0 Å². The zero-order valence-corrected chi connectivity index (χ0v) is 9.24. The summed E-state index contributed by atoms with van der Waals surface area (Å²) in [4.78, 5) is 13.3. The lowest BCUT2D eigenvalue weighted by molar-refractivity contribution is 0.166. The smallest absolute Gasteiger partial charge is 0.317 e. The Morgan fingerprint density at radius 3 is 3.00 bits per heavy atom. The highest BCUT2D eigenvalue weighted by atomic mass is 19.1. The number of halogens is 1. The van der Waals surface area contributed by atoms with Gasteiger partial charge in [0.15, 0.2) is 0 Å². The number of hydrogen-bond acceptors (Lipinski definition) is 1. The molecule has 86 valence electrons. The minimum absolute atomic E-state index is 0.0667. The van der Waals surface area contributed by atoms with Crippen LogP contribution in [0, 0.1) is 5.82 Å². The molecule has 2 rings (SSSR count). The Hall–Kier alpha value is -1.58. The molecular weight excluding hydrogens is 207 g/mol. The highest BCUT2D eigenvalue weighted by Crippen LogP contribution is 2.22. The van der Waals surface area contributed by atoms with Crippen LogP contribution in [0.2, 0.25) is 0 Å². The first kappa shape index (κ1) is 10.9. The zero-order chi connectivity index (χ0) is 11.5. The summed E-state index contributed by atoms with van der Waals surface area (Å²) >= 11 is 0. The average Bonchev–Trinajstić information content (AvgIpc) is 2.29. The average molecular weight is 222 g/mol. The maximum atomic E-state index is 13.1. The first-order chi connectivity index (χ1) is 7.68. The van der Waals surface area contributed by atoms with E-state index in [0.29, 0.717) is 0 Å². The summed E-state index contributed by atoms with van der Waals surface area (Å²) in [6.07, 6.45) is 0.936. The molecule has 0 bridgehead atoms. The summed E-state index contributed by atoms with van der Waals surface area (Å²) < 4.78 is 13.1. The molecule has 1 aromatic carbocycles. The van der Waals surface area contributed by atoms with Crippen molar-refractivity contribution in [2.45, 2.75) is 19.4 Å². The van der Waals surface area contributed by atoms with Crippen LogP contribution in [0.25, 0.3) is 0 Å². The van der Waals surface area contributed by atoms with Gasteiger partial charge in [-0.1, -0.05) is 12.1 Å². The second-order valence-electron chi connectivity index (χ2n) is 4.01. The molecule has 2 amide bonds. The van der Waals surface area contributed by atoms with Crippen molar-refractivity contribution in [1.29, 1.82) is 0 Å². The Morgan fingerprint density at radius 2 is 2.31 bits per heavy atom. The van der Waals surface area contributed by atoms with Crippen LogP contribution in [0.3, 0.4) is 0 Å². The quantitative estimate of drug-likeness (QED) is 0.818. The topological polar surface area (TPSA) is 32.3 Å². The van der Waals surface area contributed by atoms with E-state index in [1.165, 1.54) is 12.1 Å². The van der Waals surface area contributed by atoms with Crippen molar-refractivity contribution in [2.75, 3.05) is 13.1 Å². The van der Waals surface area contributed by atoms with Gasteiger partial charge in [0, 0.05) is 13.1 Å². The van der Waals surface area contributed by atoms with Gasteiger partial charge >= 0.3 is 6.03 Å². The Bertz CT molecular complexity index is 394. The van der Waals surface area contributed by atoms with E-state index in [0.717, 1.165) is 25.1 Å². The Balaban J connectivity index is 2.17. The third kappa shape index (κ3) is 2.15. The standard InChI is InChI=1S/C12H15FN2O/c1-9(10-4-2-5-11(13)8-10)15-7-3-6-14-12(15)16/h2,4-5,8-9H,3,6-7H2,1H3,(H,14,16). The summed E-state index contributed by atoms with van der Waals surface area (Å²) in [5.41, 5.74) is 0.831. The van der Waals surface area contributed by atoms with E-state index < -0.39 is 0 Å². The number of rotatable bonds is 2. The van der Waals surface area contributed by atoms with Gasteiger partial charge in [0.25, 0.3) is 0 Å². The molecule has 1 saturated heterocycles. The molecule has 1 aliphatic heterocycles. The Kier molecular flexibility index (Phi) is 3.08. The van der Waals surface area contributed by atoms with E-state index in [9.17, 15) is 9.18 Å². The van der Waals surface area contributed by atoms with Crippen molar-refractivity contribution in [3.05, 3.63) is 35.6 Å². The molecule has 4 heteroatoms. The van der Waals surface area contributed by atoms with Gasteiger partial charge in [-0.25, -0.2) is 9.18 Å². The molecule has 0 spiro atoms. The number of amides is 2. The minimum Gasteiger partial charge on any atom is -0.338 e. The number of nitrogens with zero attached hydrogens (tertiary/aromatic N) is 1. The highest BCUT2D eigenvalue weighted by Gasteiger charge is 2.23. The van der Waals surface area contributed by atoms with Gasteiger partial charge < -0.3 is 10.2 Å². The molecule has 1 aromatic rings. The number of nitrogens with one attached hydrogen (secondary N) is 1. The van der Waals surface area contributed by atoms with Crippen LogP contribution in [0.5, 0.6) is 0 Å². The molecule has 1 heterocycles. The van der Waals surface area contributed by atoms with Crippen LogP contribution in [0.1, 0.15) is 24.9 Å². The molecule has 1 aliphatic rings. The molecular formula is C12H15FN2O. The van der Waals surface area contributed by atoms with E-state index >= 15 is 0 Å². The lowest BCUT2D eigenvalue weighted by atomic mass is 10.1. The van der Waals surface area contributed by atoms with E-state index in [1.807, 2.05) is 13.0 Å². The van der Waals surface area contributed by atoms with Crippen LogP contribution in [-0.2, 0) is 0 Å². The van der Waals surface area contributed by atoms with Gasteiger partial charge in [-0.2, -0.15) is 0 Å². The second-order valence-corrected chi connectivity index (χ2v) is 4.01. The summed E-state index contributed by atoms with van der Waals surface area (Å²) in [6.45, 7) is 3.37. The Labute approximate surface area is 94.3 Å². The predicted octanol–water partition coefficient (Wildman–Crippen LogP) is 2.30. The van der Waals surface area contributed by atoms with Crippen molar-refractivity contribution >= 4 is 6.03 Å². The molecule has 1 fully saturated rings. The Morgan fingerprint density at radius 1 is 1.50 bits per heavy atom. The number of carbonyl (C=O) groups excluding carboxylic acids is 1. The zero-order valence-electron chi connectivity index (χ0n) is 9.24. The first-order valence-corrected chi connectivity index (χ1v) is 5.48. The van der Waals surface area contributed by atoms with E-state index in [2.05, 4.69) is 5.32 Å². The number of benzene rings is 1. The largest absolute Gasteiger partial charge is 0.338 e. The second kappa shape index (κ2) is 4.51. The highest BCUT2D eigenvalue weighted by molar-refractivity contribution is 5.75. The van der Waals surface area contributed by atoms with Crippen LogP contribution >= 0.6 is 0 Å².